The Labute approximate surface area is 158 Å². The first-order valence-electron chi connectivity index (χ1n) is 7.60. The van der Waals surface area contributed by atoms with Crippen LogP contribution in [0.15, 0.2) is 53.4 Å². The molecule has 1 heterocycles. The zero-order valence-corrected chi connectivity index (χ0v) is 15.2. The molecule has 0 saturated heterocycles. The highest BCUT2D eigenvalue weighted by atomic mass is 35.5. The fraction of sp³-hybridized carbons (Fsp3) is 0.111. The normalized spacial score (nSPS) is 10.8. The van der Waals surface area contributed by atoms with E-state index in [1.807, 2.05) is 12.1 Å². The lowest BCUT2D eigenvalue weighted by Crippen LogP contribution is -2.16. The van der Waals surface area contributed by atoms with E-state index >= 15 is 0 Å². The second kappa shape index (κ2) is 7.88. The van der Waals surface area contributed by atoms with Crippen molar-refractivity contribution in [1.29, 1.82) is 0 Å². The van der Waals surface area contributed by atoms with Crippen LogP contribution in [-0.4, -0.2) is 21.4 Å². The van der Waals surface area contributed by atoms with Gasteiger partial charge in [-0.1, -0.05) is 23.7 Å². The summed E-state index contributed by atoms with van der Waals surface area (Å²) in [4.78, 5) is 12.3. The molecular formula is C18H14ClF2N3OS. The van der Waals surface area contributed by atoms with Gasteiger partial charge in [0.1, 0.15) is 17.5 Å². The molecular weight excluding hydrogens is 380 g/mol. The summed E-state index contributed by atoms with van der Waals surface area (Å²) in [5.41, 5.74) is 1.56. The first-order valence-corrected chi connectivity index (χ1v) is 8.96. The molecule has 0 aliphatic heterocycles. The summed E-state index contributed by atoms with van der Waals surface area (Å²) in [7, 11) is 1.71. The maximum Gasteiger partial charge on any atom is 0.235 e. The number of nitrogens with zero attached hydrogens (tertiary/aromatic N) is 2. The first kappa shape index (κ1) is 18.4. The van der Waals surface area contributed by atoms with Gasteiger partial charge in [0.2, 0.25) is 5.91 Å². The summed E-state index contributed by atoms with van der Waals surface area (Å²) >= 11 is 6.87. The maximum absolute atomic E-state index is 13.6. The van der Waals surface area contributed by atoms with Crippen LogP contribution in [0, 0.1) is 11.6 Å². The predicted octanol–water partition coefficient (Wildman–Crippen LogP) is 4.75. The first-order chi connectivity index (χ1) is 12.4. The number of aromatic nitrogens is 2. The molecule has 0 unspecified atom stereocenters. The Morgan fingerprint density at radius 1 is 1.19 bits per heavy atom. The smallest absolute Gasteiger partial charge is 0.235 e. The van der Waals surface area contributed by atoms with Gasteiger partial charge in [-0.15, -0.1) is 11.8 Å². The number of hydrogen-bond donors (Lipinski definition) is 1. The van der Waals surface area contributed by atoms with Gasteiger partial charge in [-0.3, -0.25) is 9.48 Å². The molecule has 2 aromatic carbocycles. The van der Waals surface area contributed by atoms with Crippen LogP contribution in [0.3, 0.4) is 0 Å². The molecule has 0 atom stereocenters. The van der Waals surface area contributed by atoms with Gasteiger partial charge in [-0.2, -0.15) is 5.10 Å². The van der Waals surface area contributed by atoms with Crippen molar-refractivity contribution < 1.29 is 13.6 Å². The molecule has 0 fully saturated rings. The molecule has 4 nitrogen and oxygen atoms in total. The molecule has 1 aromatic heterocycles. The van der Waals surface area contributed by atoms with Crippen molar-refractivity contribution in [2.75, 3.05) is 11.1 Å². The number of carbonyl (C=O) groups excluding carboxylic acids is 1. The summed E-state index contributed by atoms with van der Waals surface area (Å²) in [6.45, 7) is 0. The van der Waals surface area contributed by atoms with E-state index in [1.54, 1.807) is 29.9 Å². The number of thioether (sulfide) groups is 1. The van der Waals surface area contributed by atoms with E-state index in [0.29, 0.717) is 16.5 Å². The van der Waals surface area contributed by atoms with Crippen molar-refractivity contribution in [3.63, 3.8) is 0 Å². The quantitative estimate of drug-likeness (QED) is 0.636. The van der Waals surface area contributed by atoms with Crippen molar-refractivity contribution >= 4 is 35.1 Å². The van der Waals surface area contributed by atoms with E-state index in [2.05, 4.69) is 10.4 Å². The summed E-state index contributed by atoms with van der Waals surface area (Å²) in [6.07, 6.45) is 0. The Kier molecular flexibility index (Phi) is 5.58. The number of amides is 1. The summed E-state index contributed by atoms with van der Waals surface area (Å²) < 4.78 is 28.0. The molecule has 3 aromatic rings. The topological polar surface area (TPSA) is 46.9 Å². The molecule has 1 N–H and O–H groups in total. The Bertz CT molecular complexity index is 944. The number of rotatable bonds is 5. The Morgan fingerprint density at radius 2 is 1.92 bits per heavy atom. The maximum atomic E-state index is 13.6. The van der Waals surface area contributed by atoms with Gasteiger partial charge < -0.3 is 5.32 Å². The van der Waals surface area contributed by atoms with Gasteiger partial charge in [0.25, 0.3) is 0 Å². The molecule has 134 valence electrons. The van der Waals surface area contributed by atoms with Crippen molar-refractivity contribution in [3.05, 3.63) is 65.2 Å². The van der Waals surface area contributed by atoms with Gasteiger partial charge in [-0.25, -0.2) is 8.78 Å². The molecule has 0 spiro atoms. The Morgan fingerprint density at radius 3 is 2.62 bits per heavy atom. The van der Waals surface area contributed by atoms with E-state index in [9.17, 15) is 13.6 Å². The number of nitrogens with one attached hydrogen (secondary N) is 1. The van der Waals surface area contributed by atoms with E-state index in [-0.39, 0.29) is 16.6 Å². The lowest BCUT2D eigenvalue weighted by atomic mass is 10.1. The molecule has 26 heavy (non-hydrogen) atoms. The molecule has 0 aliphatic rings. The number of benzene rings is 2. The summed E-state index contributed by atoms with van der Waals surface area (Å²) in [6, 6.07) is 12.2. The molecule has 0 bridgehead atoms. The zero-order chi connectivity index (χ0) is 18.7. The standard InChI is InChI=1S/C18H14ClF2N3OS/c1-24-17(9-15(23-24)11-2-4-12(19)5-3-11)22-18(25)10-26-16-7-6-13(20)8-14(16)21/h2-9H,10H2,1H3,(H,22,25). The average molecular weight is 394 g/mol. The molecule has 0 radical (unpaired) electrons. The summed E-state index contributed by atoms with van der Waals surface area (Å²) in [5.74, 6) is -1.15. The summed E-state index contributed by atoms with van der Waals surface area (Å²) in [5, 5.41) is 7.72. The monoisotopic (exact) mass is 393 g/mol. The number of hydrogen-bond acceptors (Lipinski definition) is 3. The van der Waals surface area contributed by atoms with Crippen molar-refractivity contribution in [2.45, 2.75) is 4.90 Å². The minimum Gasteiger partial charge on any atom is -0.310 e. The van der Waals surface area contributed by atoms with Crippen LogP contribution in [0.2, 0.25) is 5.02 Å². The Balaban J connectivity index is 1.65. The van der Waals surface area contributed by atoms with E-state index in [0.717, 1.165) is 29.5 Å². The van der Waals surface area contributed by atoms with Crippen LogP contribution in [-0.2, 0) is 11.8 Å². The highest BCUT2D eigenvalue weighted by Crippen LogP contribution is 2.25. The van der Waals surface area contributed by atoms with Crippen LogP contribution in [0.1, 0.15) is 0 Å². The van der Waals surface area contributed by atoms with Crippen LogP contribution < -0.4 is 5.32 Å². The Hall–Kier alpha value is -2.38. The second-order valence-corrected chi connectivity index (χ2v) is 6.91. The van der Waals surface area contributed by atoms with Gasteiger partial charge in [0.05, 0.1) is 11.4 Å². The number of halogens is 3. The molecule has 1 amide bonds. The van der Waals surface area contributed by atoms with Gasteiger partial charge in [0, 0.05) is 34.7 Å². The van der Waals surface area contributed by atoms with E-state index < -0.39 is 11.6 Å². The molecule has 8 heteroatoms. The van der Waals surface area contributed by atoms with Crippen LogP contribution in [0.25, 0.3) is 11.3 Å². The number of aryl methyl sites for hydroxylation is 1. The van der Waals surface area contributed by atoms with E-state index in [1.165, 1.54) is 6.07 Å². The molecule has 3 rings (SSSR count). The fourth-order valence-corrected chi connectivity index (χ4v) is 3.11. The minimum atomic E-state index is -0.687. The third kappa shape index (κ3) is 4.42. The molecule has 0 aliphatic carbocycles. The highest BCUT2D eigenvalue weighted by Gasteiger charge is 2.12. The van der Waals surface area contributed by atoms with Gasteiger partial charge in [-0.05, 0) is 24.3 Å². The van der Waals surface area contributed by atoms with Gasteiger partial charge >= 0.3 is 0 Å². The van der Waals surface area contributed by atoms with E-state index in [4.69, 9.17) is 11.6 Å². The molecule has 0 saturated carbocycles. The lowest BCUT2D eigenvalue weighted by molar-refractivity contribution is -0.113. The third-order valence-electron chi connectivity index (χ3n) is 3.54. The fourth-order valence-electron chi connectivity index (χ4n) is 2.26. The van der Waals surface area contributed by atoms with Gasteiger partial charge in [0.15, 0.2) is 0 Å². The minimum absolute atomic E-state index is 0.00991. The van der Waals surface area contributed by atoms with Crippen molar-refractivity contribution in [1.82, 2.24) is 9.78 Å². The SMILES string of the molecule is Cn1nc(-c2ccc(Cl)cc2)cc1NC(=O)CSc1ccc(F)cc1F. The lowest BCUT2D eigenvalue weighted by Gasteiger charge is -2.05. The third-order valence-corrected chi connectivity index (χ3v) is 4.84. The second-order valence-electron chi connectivity index (χ2n) is 5.46. The van der Waals surface area contributed by atoms with Crippen molar-refractivity contribution in [3.8, 4) is 11.3 Å². The van der Waals surface area contributed by atoms with Crippen LogP contribution in [0.4, 0.5) is 14.6 Å². The van der Waals surface area contributed by atoms with Crippen molar-refractivity contribution in [2.24, 2.45) is 7.05 Å². The van der Waals surface area contributed by atoms with Crippen LogP contribution >= 0.6 is 23.4 Å². The number of carbonyl (C=O) groups is 1. The predicted molar refractivity (Wildman–Crippen MR) is 99.4 cm³/mol. The largest absolute Gasteiger partial charge is 0.310 e. The average Bonchev–Trinajstić information content (AvgIpc) is 2.95. The highest BCUT2D eigenvalue weighted by molar-refractivity contribution is 8.00. The number of anilines is 1. The zero-order valence-electron chi connectivity index (χ0n) is 13.7. The van der Waals surface area contributed by atoms with Crippen LogP contribution in [0.5, 0.6) is 0 Å².